The number of esters is 1. The Hall–Kier alpha value is -1.77. The number of hydrogen-bond acceptors (Lipinski definition) is 3. The average Bonchev–Trinajstić information content (AvgIpc) is 2.56. The minimum Gasteiger partial charge on any atom is -0.463 e. The van der Waals surface area contributed by atoms with Crippen LogP contribution in [0.3, 0.4) is 0 Å². The molecule has 1 aromatic carbocycles. The van der Waals surface area contributed by atoms with E-state index in [1.54, 1.807) is 13.0 Å². The van der Waals surface area contributed by atoms with Gasteiger partial charge in [0.1, 0.15) is 0 Å². The normalized spacial score (nSPS) is 21.3. The topological polar surface area (TPSA) is 38.3 Å². The van der Waals surface area contributed by atoms with E-state index in [-0.39, 0.29) is 5.97 Å². The second-order valence-electron chi connectivity index (χ2n) is 6.44. The molecule has 1 aliphatic carbocycles. The van der Waals surface area contributed by atoms with Crippen molar-refractivity contribution in [3.63, 3.8) is 0 Å². The number of nitrogens with one attached hydrogen (secondary N) is 1. The van der Waals surface area contributed by atoms with Gasteiger partial charge >= 0.3 is 5.97 Å². The SMILES string of the molecule is CCOC(=O)C=Cc1ccc(NCCC2CCCCC2C)cc1. The minimum atomic E-state index is -0.295. The van der Waals surface area contributed by atoms with Crippen LogP contribution in [0, 0.1) is 11.8 Å². The maximum Gasteiger partial charge on any atom is 0.330 e. The molecule has 0 bridgehead atoms. The van der Waals surface area contributed by atoms with E-state index in [9.17, 15) is 4.79 Å². The third-order valence-electron chi connectivity index (χ3n) is 4.74. The molecule has 2 rings (SSSR count). The Kier molecular flexibility index (Phi) is 7.18. The molecular formula is C20H29NO2. The Labute approximate surface area is 140 Å². The van der Waals surface area contributed by atoms with E-state index in [2.05, 4.69) is 24.4 Å². The number of benzene rings is 1. The van der Waals surface area contributed by atoms with Crippen molar-refractivity contribution >= 4 is 17.7 Å². The van der Waals surface area contributed by atoms with Gasteiger partial charge in [0.25, 0.3) is 0 Å². The van der Waals surface area contributed by atoms with Crippen LogP contribution in [-0.4, -0.2) is 19.1 Å². The molecule has 0 radical (unpaired) electrons. The van der Waals surface area contributed by atoms with Crippen molar-refractivity contribution in [1.82, 2.24) is 0 Å². The average molecular weight is 315 g/mol. The molecule has 0 amide bonds. The number of rotatable bonds is 7. The Morgan fingerprint density at radius 2 is 2.00 bits per heavy atom. The third-order valence-corrected chi connectivity index (χ3v) is 4.74. The number of ether oxygens (including phenoxy) is 1. The fourth-order valence-corrected chi connectivity index (χ4v) is 3.29. The molecular weight excluding hydrogens is 286 g/mol. The molecule has 3 heteroatoms. The van der Waals surface area contributed by atoms with Gasteiger partial charge in [-0.15, -0.1) is 0 Å². The highest BCUT2D eigenvalue weighted by Crippen LogP contribution is 2.31. The van der Waals surface area contributed by atoms with E-state index in [0.29, 0.717) is 6.61 Å². The van der Waals surface area contributed by atoms with Crippen molar-refractivity contribution < 1.29 is 9.53 Å². The molecule has 0 aromatic heterocycles. The quantitative estimate of drug-likeness (QED) is 0.575. The van der Waals surface area contributed by atoms with Crippen LogP contribution in [0.2, 0.25) is 0 Å². The molecule has 1 saturated carbocycles. The zero-order valence-electron chi connectivity index (χ0n) is 14.4. The summed E-state index contributed by atoms with van der Waals surface area (Å²) in [7, 11) is 0. The summed E-state index contributed by atoms with van der Waals surface area (Å²) in [5.41, 5.74) is 2.14. The maximum atomic E-state index is 11.3. The standard InChI is InChI=1S/C20H29NO2/c1-3-23-20(22)13-10-17-8-11-19(12-9-17)21-15-14-18-7-5-4-6-16(18)2/h8-13,16,18,21H,3-7,14-15H2,1-2H3. The number of carbonyl (C=O) groups is 1. The molecule has 1 N–H and O–H groups in total. The van der Waals surface area contributed by atoms with Crippen molar-refractivity contribution in [3.8, 4) is 0 Å². The highest BCUT2D eigenvalue weighted by Gasteiger charge is 2.20. The Morgan fingerprint density at radius 3 is 2.70 bits per heavy atom. The smallest absolute Gasteiger partial charge is 0.330 e. The van der Waals surface area contributed by atoms with Crippen LogP contribution in [0.5, 0.6) is 0 Å². The lowest BCUT2D eigenvalue weighted by Gasteiger charge is -2.28. The van der Waals surface area contributed by atoms with E-state index in [1.807, 2.05) is 12.1 Å². The van der Waals surface area contributed by atoms with E-state index >= 15 is 0 Å². The summed E-state index contributed by atoms with van der Waals surface area (Å²) in [6.45, 7) is 5.65. The van der Waals surface area contributed by atoms with Crippen LogP contribution in [0.25, 0.3) is 6.08 Å². The van der Waals surface area contributed by atoms with Gasteiger partial charge in [-0.3, -0.25) is 0 Å². The molecule has 2 atom stereocenters. The van der Waals surface area contributed by atoms with Crippen LogP contribution in [0.1, 0.15) is 51.5 Å². The molecule has 126 valence electrons. The van der Waals surface area contributed by atoms with Gasteiger partial charge in [-0.05, 0) is 49.0 Å². The lowest BCUT2D eigenvalue weighted by Crippen LogP contribution is -2.19. The second kappa shape index (κ2) is 9.39. The summed E-state index contributed by atoms with van der Waals surface area (Å²) in [4.78, 5) is 11.3. The van der Waals surface area contributed by atoms with Gasteiger partial charge in [0.15, 0.2) is 0 Å². The summed E-state index contributed by atoms with van der Waals surface area (Å²) in [5.74, 6) is 1.46. The highest BCUT2D eigenvalue weighted by atomic mass is 16.5. The van der Waals surface area contributed by atoms with Crippen LogP contribution >= 0.6 is 0 Å². The Morgan fingerprint density at radius 1 is 1.26 bits per heavy atom. The summed E-state index contributed by atoms with van der Waals surface area (Å²) in [6, 6.07) is 8.16. The first-order chi connectivity index (χ1) is 11.2. The first-order valence-corrected chi connectivity index (χ1v) is 8.88. The number of anilines is 1. The Bertz CT molecular complexity index is 507. The molecule has 0 spiro atoms. The molecule has 0 heterocycles. The van der Waals surface area contributed by atoms with Crippen molar-refractivity contribution in [3.05, 3.63) is 35.9 Å². The summed E-state index contributed by atoms with van der Waals surface area (Å²) in [5, 5.41) is 3.51. The lowest BCUT2D eigenvalue weighted by atomic mass is 9.79. The fraction of sp³-hybridized carbons (Fsp3) is 0.550. The lowest BCUT2D eigenvalue weighted by molar-refractivity contribution is -0.137. The third kappa shape index (κ3) is 6.09. The van der Waals surface area contributed by atoms with Crippen LogP contribution < -0.4 is 5.32 Å². The van der Waals surface area contributed by atoms with Gasteiger partial charge in [-0.25, -0.2) is 4.79 Å². The van der Waals surface area contributed by atoms with E-state index in [4.69, 9.17) is 4.74 Å². The van der Waals surface area contributed by atoms with E-state index < -0.39 is 0 Å². The van der Waals surface area contributed by atoms with Crippen molar-refractivity contribution in [2.24, 2.45) is 11.8 Å². The number of carbonyl (C=O) groups excluding carboxylic acids is 1. The molecule has 1 aromatic rings. The van der Waals surface area contributed by atoms with Gasteiger partial charge in [0, 0.05) is 18.3 Å². The second-order valence-corrected chi connectivity index (χ2v) is 6.44. The van der Waals surface area contributed by atoms with Crippen molar-refractivity contribution in [1.29, 1.82) is 0 Å². The zero-order chi connectivity index (χ0) is 16.5. The molecule has 0 saturated heterocycles. The summed E-state index contributed by atoms with van der Waals surface area (Å²) in [6.07, 6.45) is 10.1. The van der Waals surface area contributed by atoms with Gasteiger partial charge in [0.05, 0.1) is 6.61 Å². The van der Waals surface area contributed by atoms with Crippen molar-refractivity contribution in [2.75, 3.05) is 18.5 Å². The van der Waals surface area contributed by atoms with Crippen LogP contribution in [0.4, 0.5) is 5.69 Å². The van der Waals surface area contributed by atoms with Gasteiger partial charge < -0.3 is 10.1 Å². The first kappa shape index (κ1) is 17.6. The predicted octanol–water partition coefficient (Wildman–Crippen LogP) is 4.89. The van der Waals surface area contributed by atoms with E-state index in [1.165, 1.54) is 38.2 Å². The highest BCUT2D eigenvalue weighted by molar-refractivity contribution is 5.87. The predicted molar refractivity (Wildman–Crippen MR) is 96.3 cm³/mol. The largest absolute Gasteiger partial charge is 0.463 e. The first-order valence-electron chi connectivity index (χ1n) is 8.88. The van der Waals surface area contributed by atoms with Gasteiger partial charge in [-0.1, -0.05) is 44.7 Å². The minimum absolute atomic E-state index is 0.295. The molecule has 2 unspecified atom stereocenters. The van der Waals surface area contributed by atoms with Crippen LogP contribution in [-0.2, 0) is 9.53 Å². The summed E-state index contributed by atoms with van der Waals surface area (Å²) < 4.78 is 4.87. The molecule has 23 heavy (non-hydrogen) atoms. The molecule has 3 nitrogen and oxygen atoms in total. The molecule has 0 aliphatic heterocycles. The molecule has 1 fully saturated rings. The zero-order valence-corrected chi connectivity index (χ0v) is 14.4. The van der Waals surface area contributed by atoms with Crippen molar-refractivity contribution in [2.45, 2.75) is 46.0 Å². The van der Waals surface area contributed by atoms with Gasteiger partial charge in [-0.2, -0.15) is 0 Å². The fourth-order valence-electron chi connectivity index (χ4n) is 3.29. The molecule has 1 aliphatic rings. The van der Waals surface area contributed by atoms with Crippen LogP contribution in [0.15, 0.2) is 30.3 Å². The maximum absolute atomic E-state index is 11.3. The summed E-state index contributed by atoms with van der Waals surface area (Å²) >= 11 is 0. The van der Waals surface area contributed by atoms with Gasteiger partial charge in [0.2, 0.25) is 0 Å². The monoisotopic (exact) mass is 315 g/mol. The van der Waals surface area contributed by atoms with E-state index in [0.717, 1.165) is 29.6 Å². The Balaban J connectivity index is 1.75. The number of hydrogen-bond donors (Lipinski definition) is 1.